The molecular formula is C6H8O7. The highest BCUT2D eigenvalue weighted by molar-refractivity contribution is 5.78. The molecule has 1 fully saturated rings. The minimum absolute atomic E-state index is 1.50. The van der Waals surface area contributed by atoms with Crippen LogP contribution in [-0.2, 0) is 14.3 Å². The summed E-state index contributed by atoms with van der Waals surface area (Å²) in [6.07, 6.45) is -6.79. The molecule has 0 radical (unpaired) electrons. The molecule has 7 heteroatoms. The quantitative estimate of drug-likeness (QED) is 0.386. The Bertz CT molecular complexity index is 213. The molecule has 4 atom stereocenters. The van der Waals surface area contributed by atoms with Gasteiger partial charge in [0.25, 0.3) is 0 Å². The van der Waals surface area contributed by atoms with Crippen molar-refractivity contribution in [3.8, 4) is 0 Å². The number of hydrogen-bond donors (Lipinski definition) is 4. The molecular weight excluding hydrogens is 184 g/mol. The van der Waals surface area contributed by atoms with Gasteiger partial charge in [0.05, 0.1) is 0 Å². The van der Waals surface area contributed by atoms with Crippen LogP contribution in [0.3, 0.4) is 0 Å². The van der Waals surface area contributed by atoms with E-state index in [0.29, 0.717) is 0 Å². The Kier molecular flexibility index (Phi) is 2.50. The van der Waals surface area contributed by atoms with Crippen LogP contribution >= 0.6 is 0 Å². The van der Waals surface area contributed by atoms with Gasteiger partial charge in [-0.3, -0.25) is 0 Å². The summed E-state index contributed by atoms with van der Waals surface area (Å²) in [5, 5.41) is 34.9. The van der Waals surface area contributed by atoms with Gasteiger partial charge in [-0.2, -0.15) is 0 Å². The lowest BCUT2D eigenvalue weighted by molar-refractivity contribution is -0.160. The zero-order chi connectivity index (χ0) is 10.2. The van der Waals surface area contributed by atoms with Gasteiger partial charge >= 0.3 is 11.9 Å². The summed E-state index contributed by atoms with van der Waals surface area (Å²) in [4.78, 5) is 20.7. The Morgan fingerprint density at radius 3 is 1.38 bits per heavy atom. The molecule has 1 saturated heterocycles. The van der Waals surface area contributed by atoms with Crippen molar-refractivity contribution < 1.29 is 34.8 Å². The van der Waals surface area contributed by atoms with E-state index in [4.69, 9.17) is 20.4 Å². The third kappa shape index (κ3) is 1.62. The fraction of sp³-hybridized carbons (Fsp3) is 0.667. The number of ether oxygens (including phenoxy) is 1. The van der Waals surface area contributed by atoms with Crippen LogP contribution in [0.5, 0.6) is 0 Å². The van der Waals surface area contributed by atoms with Crippen molar-refractivity contribution in [1.82, 2.24) is 0 Å². The van der Waals surface area contributed by atoms with Crippen LogP contribution in [0.2, 0.25) is 0 Å². The third-order valence-corrected chi connectivity index (χ3v) is 1.75. The van der Waals surface area contributed by atoms with E-state index in [1.54, 1.807) is 0 Å². The maximum Gasteiger partial charge on any atom is 0.335 e. The highest BCUT2D eigenvalue weighted by Gasteiger charge is 2.49. The van der Waals surface area contributed by atoms with E-state index in [-0.39, 0.29) is 0 Å². The van der Waals surface area contributed by atoms with Crippen LogP contribution in [0, 0.1) is 0 Å². The van der Waals surface area contributed by atoms with E-state index in [9.17, 15) is 9.59 Å². The van der Waals surface area contributed by atoms with Crippen molar-refractivity contribution in [3.63, 3.8) is 0 Å². The number of aliphatic hydroxyl groups excluding tert-OH is 2. The highest BCUT2D eigenvalue weighted by atomic mass is 16.6. The van der Waals surface area contributed by atoms with Gasteiger partial charge in [-0.15, -0.1) is 0 Å². The molecule has 0 saturated carbocycles. The number of rotatable bonds is 2. The number of aliphatic carboxylic acids is 2. The van der Waals surface area contributed by atoms with Crippen LogP contribution < -0.4 is 0 Å². The van der Waals surface area contributed by atoms with Crippen molar-refractivity contribution in [2.45, 2.75) is 24.4 Å². The van der Waals surface area contributed by atoms with Gasteiger partial charge in [-0.05, 0) is 0 Å². The molecule has 0 aromatic heterocycles. The van der Waals surface area contributed by atoms with Gasteiger partial charge in [-0.1, -0.05) is 0 Å². The van der Waals surface area contributed by atoms with Crippen molar-refractivity contribution in [1.29, 1.82) is 0 Å². The highest BCUT2D eigenvalue weighted by Crippen LogP contribution is 2.21. The molecule has 13 heavy (non-hydrogen) atoms. The van der Waals surface area contributed by atoms with Gasteiger partial charge < -0.3 is 25.2 Å². The van der Waals surface area contributed by atoms with Crippen molar-refractivity contribution in [3.05, 3.63) is 0 Å². The number of aliphatic hydroxyl groups is 2. The summed E-state index contributed by atoms with van der Waals surface area (Å²) >= 11 is 0. The summed E-state index contributed by atoms with van der Waals surface area (Å²) in [5.74, 6) is -3.01. The summed E-state index contributed by atoms with van der Waals surface area (Å²) in [7, 11) is 0. The van der Waals surface area contributed by atoms with Crippen LogP contribution in [0.25, 0.3) is 0 Å². The zero-order valence-corrected chi connectivity index (χ0v) is 6.32. The number of hydrogen-bond acceptors (Lipinski definition) is 5. The maximum atomic E-state index is 10.3. The van der Waals surface area contributed by atoms with Gasteiger partial charge in [0.1, 0.15) is 12.2 Å². The zero-order valence-electron chi connectivity index (χ0n) is 6.32. The molecule has 1 rings (SSSR count). The lowest BCUT2D eigenvalue weighted by Gasteiger charge is -2.09. The van der Waals surface area contributed by atoms with Gasteiger partial charge in [0.2, 0.25) is 0 Å². The van der Waals surface area contributed by atoms with E-state index in [1.807, 2.05) is 0 Å². The minimum Gasteiger partial charge on any atom is -0.479 e. The summed E-state index contributed by atoms with van der Waals surface area (Å²) < 4.78 is 4.41. The Morgan fingerprint density at radius 1 is 0.923 bits per heavy atom. The molecule has 0 aromatic carbocycles. The van der Waals surface area contributed by atoms with E-state index in [2.05, 4.69) is 4.74 Å². The first-order valence-electron chi connectivity index (χ1n) is 3.42. The maximum absolute atomic E-state index is 10.3. The fourth-order valence-corrected chi connectivity index (χ4v) is 1.09. The molecule has 0 amide bonds. The molecule has 0 aliphatic carbocycles. The van der Waals surface area contributed by atoms with Crippen molar-refractivity contribution in [2.24, 2.45) is 0 Å². The molecule has 0 bridgehead atoms. The number of carboxylic acids is 2. The van der Waals surface area contributed by atoms with Crippen LogP contribution in [-0.4, -0.2) is 56.8 Å². The lowest BCUT2D eigenvalue weighted by Crippen LogP contribution is -2.37. The fourth-order valence-electron chi connectivity index (χ4n) is 1.09. The molecule has 1 heterocycles. The number of carbonyl (C=O) groups is 2. The van der Waals surface area contributed by atoms with Crippen LogP contribution in [0.1, 0.15) is 0 Å². The average molecular weight is 192 g/mol. The topological polar surface area (TPSA) is 124 Å². The second kappa shape index (κ2) is 3.29. The van der Waals surface area contributed by atoms with Crippen molar-refractivity contribution in [2.75, 3.05) is 0 Å². The first kappa shape index (κ1) is 9.90. The van der Waals surface area contributed by atoms with Gasteiger partial charge in [-0.25, -0.2) is 9.59 Å². The van der Waals surface area contributed by atoms with Gasteiger partial charge in [0, 0.05) is 0 Å². The second-order valence-electron chi connectivity index (χ2n) is 2.63. The summed E-state index contributed by atoms with van der Waals surface area (Å²) in [6.45, 7) is 0. The first-order chi connectivity index (χ1) is 5.95. The Hall–Kier alpha value is -1.18. The molecule has 0 spiro atoms. The first-order valence-corrected chi connectivity index (χ1v) is 3.42. The van der Waals surface area contributed by atoms with Crippen molar-refractivity contribution >= 4 is 11.9 Å². The monoisotopic (exact) mass is 192 g/mol. The Labute approximate surface area is 72.2 Å². The van der Waals surface area contributed by atoms with E-state index >= 15 is 0 Å². The van der Waals surface area contributed by atoms with Gasteiger partial charge in [0.15, 0.2) is 12.2 Å². The largest absolute Gasteiger partial charge is 0.479 e. The Morgan fingerprint density at radius 2 is 1.23 bits per heavy atom. The molecule has 0 unspecified atom stereocenters. The third-order valence-electron chi connectivity index (χ3n) is 1.75. The smallest absolute Gasteiger partial charge is 0.335 e. The number of carboxylic acid groups (broad SMARTS) is 2. The lowest BCUT2D eigenvalue weighted by atomic mass is 10.1. The summed E-state index contributed by atoms with van der Waals surface area (Å²) in [5.41, 5.74) is 0. The molecule has 0 aromatic rings. The van der Waals surface area contributed by atoms with Crippen LogP contribution in [0.4, 0.5) is 0 Å². The SMILES string of the molecule is O=C(O)[C@H]1O[C@H](C(=O)O)[C@H](O)[C@H]1O. The second-order valence-corrected chi connectivity index (χ2v) is 2.63. The molecule has 4 N–H and O–H groups in total. The normalized spacial score (nSPS) is 38.9. The predicted molar refractivity (Wildman–Crippen MR) is 35.9 cm³/mol. The average Bonchev–Trinajstić information content (AvgIpc) is 2.29. The van der Waals surface area contributed by atoms with E-state index in [1.165, 1.54) is 0 Å². The minimum atomic E-state index is -1.71. The van der Waals surface area contributed by atoms with E-state index < -0.39 is 36.4 Å². The summed E-state index contributed by atoms with van der Waals surface area (Å²) in [6, 6.07) is 0. The molecule has 7 nitrogen and oxygen atoms in total. The molecule has 1 aliphatic rings. The standard InChI is InChI=1S/C6H8O7/c7-1-2(8)4(6(11)12)13-3(1)5(9)10/h1-4,7-8H,(H,9,10)(H,11,12)/t1-,2-,3+,4+/m1/s1. The Balaban J connectivity index is 2.78. The predicted octanol–water partition coefficient (Wildman–Crippen LogP) is -2.36. The molecule has 74 valence electrons. The molecule has 1 aliphatic heterocycles. The van der Waals surface area contributed by atoms with Crippen LogP contribution in [0.15, 0.2) is 0 Å². The van der Waals surface area contributed by atoms with E-state index in [0.717, 1.165) is 0 Å².